The standard InChI is InChI=1S/C12H19N7/c13-6-10(9-4-2-1-3-5-9)15-11-7-14-8-12-16-17-18-19(11)12/h7-10,15H,1-6,13H2. The van der Waals surface area contributed by atoms with Gasteiger partial charge in [-0.2, -0.15) is 4.52 Å². The molecule has 19 heavy (non-hydrogen) atoms. The molecule has 1 fully saturated rings. The van der Waals surface area contributed by atoms with Crippen LogP contribution in [0.5, 0.6) is 0 Å². The second-order valence-corrected chi connectivity index (χ2v) is 5.13. The molecule has 0 aromatic carbocycles. The Bertz CT molecular complexity index is 532. The Morgan fingerprint density at radius 1 is 1.32 bits per heavy atom. The third-order valence-corrected chi connectivity index (χ3v) is 3.91. The largest absolute Gasteiger partial charge is 0.364 e. The molecule has 2 heterocycles. The van der Waals surface area contributed by atoms with Crippen LogP contribution < -0.4 is 11.1 Å². The van der Waals surface area contributed by atoms with Crippen molar-refractivity contribution in [1.29, 1.82) is 0 Å². The van der Waals surface area contributed by atoms with Crippen molar-refractivity contribution in [2.75, 3.05) is 11.9 Å². The number of aromatic nitrogens is 5. The zero-order valence-corrected chi connectivity index (χ0v) is 10.9. The van der Waals surface area contributed by atoms with E-state index in [4.69, 9.17) is 5.73 Å². The maximum atomic E-state index is 5.93. The van der Waals surface area contributed by atoms with Gasteiger partial charge in [0.1, 0.15) is 0 Å². The Labute approximate surface area is 111 Å². The minimum Gasteiger partial charge on any atom is -0.364 e. The first kappa shape index (κ1) is 12.3. The average Bonchev–Trinajstić information content (AvgIpc) is 2.95. The van der Waals surface area contributed by atoms with Crippen LogP contribution in [-0.2, 0) is 0 Å². The van der Waals surface area contributed by atoms with Crippen LogP contribution in [0.25, 0.3) is 5.65 Å². The molecule has 7 heteroatoms. The molecule has 2 aromatic heterocycles. The number of hydrogen-bond donors (Lipinski definition) is 2. The second kappa shape index (κ2) is 5.48. The van der Waals surface area contributed by atoms with E-state index in [0.717, 1.165) is 5.82 Å². The fourth-order valence-corrected chi connectivity index (χ4v) is 2.87. The van der Waals surface area contributed by atoms with Crippen molar-refractivity contribution in [2.24, 2.45) is 11.7 Å². The molecular weight excluding hydrogens is 242 g/mol. The van der Waals surface area contributed by atoms with Gasteiger partial charge >= 0.3 is 0 Å². The average molecular weight is 261 g/mol. The fourth-order valence-electron chi connectivity index (χ4n) is 2.87. The Balaban J connectivity index is 1.79. The van der Waals surface area contributed by atoms with Crippen molar-refractivity contribution >= 4 is 11.5 Å². The third kappa shape index (κ3) is 2.51. The molecule has 1 aliphatic carbocycles. The highest BCUT2D eigenvalue weighted by atomic mass is 15.5. The number of rotatable bonds is 4. The molecular formula is C12H19N7. The van der Waals surface area contributed by atoms with Crippen LogP contribution in [0, 0.1) is 5.92 Å². The van der Waals surface area contributed by atoms with E-state index in [2.05, 4.69) is 25.8 Å². The fraction of sp³-hybridized carbons (Fsp3) is 0.667. The molecule has 0 saturated heterocycles. The Kier molecular flexibility index (Phi) is 3.54. The molecule has 0 bridgehead atoms. The van der Waals surface area contributed by atoms with Gasteiger partial charge in [0.25, 0.3) is 0 Å². The first-order valence-corrected chi connectivity index (χ1v) is 6.87. The monoisotopic (exact) mass is 261 g/mol. The first-order chi connectivity index (χ1) is 9.38. The molecule has 1 saturated carbocycles. The summed E-state index contributed by atoms with van der Waals surface area (Å²) in [6.07, 6.45) is 9.82. The van der Waals surface area contributed by atoms with E-state index in [1.165, 1.54) is 32.1 Å². The molecule has 102 valence electrons. The summed E-state index contributed by atoms with van der Waals surface area (Å²) in [6.45, 7) is 0.614. The number of tetrazole rings is 1. The lowest BCUT2D eigenvalue weighted by Gasteiger charge is -2.30. The molecule has 3 N–H and O–H groups in total. The molecule has 2 aromatic rings. The zero-order chi connectivity index (χ0) is 13.1. The number of anilines is 1. The van der Waals surface area contributed by atoms with E-state index in [1.807, 2.05) is 0 Å². The van der Waals surface area contributed by atoms with Gasteiger partial charge in [0.2, 0.25) is 0 Å². The maximum Gasteiger partial charge on any atom is 0.199 e. The summed E-state index contributed by atoms with van der Waals surface area (Å²) in [7, 11) is 0. The number of hydrogen-bond acceptors (Lipinski definition) is 6. The minimum atomic E-state index is 0.261. The zero-order valence-electron chi connectivity index (χ0n) is 10.9. The molecule has 1 atom stereocenters. The summed E-state index contributed by atoms with van der Waals surface area (Å²) in [5, 5.41) is 15.0. The summed E-state index contributed by atoms with van der Waals surface area (Å²) < 4.78 is 1.67. The van der Waals surface area contributed by atoms with Crippen molar-refractivity contribution in [3.05, 3.63) is 12.4 Å². The number of nitrogens with two attached hydrogens (primary N) is 1. The normalized spacial score (nSPS) is 18.6. The minimum absolute atomic E-state index is 0.261. The highest BCUT2D eigenvalue weighted by Crippen LogP contribution is 2.27. The molecule has 0 radical (unpaired) electrons. The Morgan fingerprint density at radius 3 is 2.95 bits per heavy atom. The van der Waals surface area contributed by atoms with Gasteiger partial charge in [-0.3, -0.25) is 4.98 Å². The molecule has 0 amide bonds. The van der Waals surface area contributed by atoms with Crippen LogP contribution in [0.2, 0.25) is 0 Å². The van der Waals surface area contributed by atoms with E-state index in [-0.39, 0.29) is 6.04 Å². The van der Waals surface area contributed by atoms with Gasteiger partial charge in [-0.05, 0) is 29.2 Å². The van der Waals surface area contributed by atoms with Gasteiger partial charge in [0.15, 0.2) is 11.5 Å². The third-order valence-electron chi connectivity index (χ3n) is 3.91. The highest BCUT2D eigenvalue weighted by molar-refractivity contribution is 5.44. The van der Waals surface area contributed by atoms with E-state index in [9.17, 15) is 0 Å². The smallest absolute Gasteiger partial charge is 0.199 e. The Morgan fingerprint density at radius 2 is 2.16 bits per heavy atom. The Hall–Kier alpha value is -1.76. The predicted molar refractivity (Wildman–Crippen MR) is 71.6 cm³/mol. The van der Waals surface area contributed by atoms with Gasteiger partial charge in [0, 0.05) is 12.6 Å². The lowest BCUT2D eigenvalue weighted by molar-refractivity contribution is 0.320. The van der Waals surface area contributed by atoms with Crippen LogP contribution in [0.4, 0.5) is 5.82 Å². The number of nitrogens with one attached hydrogen (secondary N) is 1. The van der Waals surface area contributed by atoms with E-state index in [0.29, 0.717) is 18.1 Å². The summed E-state index contributed by atoms with van der Waals surface area (Å²) in [5.74, 6) is 1.44. The molecule has 7 nitrogen and oxygen atoms in total. The molecule has 3 rings (SSSR count). The van der Waals surface area contributed by atoms with Gasteiger partial charge in [-0.15, -0.1) is 5.10 Å². The van der Waals surface area contributed by atoms with Crippen LogP contribution in [-0.4, -0.2) is 37.6 Å². The maximum absolute atomic E-state index is 5.93. The topological polar surface area (TPSA) is 94.0 Å². The van der Waals surface area contributed by atoms with Gasteiger partial charge in [-0.1, -0.05) is 19.3 Å². The van der Waals surface area contributed by atoms with Gasteiger partial charge in [0.05, 0.1) is 12.4 Å². The molecule has 1 unspecified atom stereocenters. The van der Waals surface area contributed by atoms with Crippen LogP contribution in [0.1, 0.15) is 32.1 Å². The quantitative estimate of drug-likeness (QED) is 0.847. The second-order valence-electron chi connectivity index (χ2n) is 5.13. The summed E-state index contributed by atoms with van der Waals surface area (Å²) in [6, 6.07) is 0.261. The predicted octanol–water partition coefficient (Wildman–Crippen LogP) is 0.839. The van der Waals surface area contributed by atoms with Crippen molar-refractivity contribution in [3.8, 4) is 0 Å². The van der Waals surface area contributed by atoms with Crippen molar-refractivity contribution < 1.29 is 0 Å². The lowest BCUT2D eigenvalue weighted by atomic mass is 9.84. The molecule has 1 aliphatic rings. The van der Waals surface area contributed by atoms with Crippen LogP contribution >= 0.6 is 0 Å². The van der Waals surface area contributed by atoms with Crippen LogP contribution in [0.15, 0.2) is 12.4 Å². The van der Waals surface area contributed by atoms with Crippen molar-refractivity contribution in [2.45, 2.75) is 38.1 Å². The molecule has 0 spiro atoms. The van der Waals surface area contributed by atoms with Crippen LogP contribution in [0.3, 0.4) is 0 Å². The number of fused-ring (bicyclic) bond motifs is 1. The van der Waals surface area contributed by atoms with E-state index < -0.39 is 0 Å². The van der Waals surface area contributed by atoms with E-state index >= 15 is 0 Å². The lowest BCUT2D eigenvalue weighted by Crippen LogP contribution is -2.38. The summed E-state index contributed by atoms with van der Waals surface area (Å²) >= 11 is 0. The summed E-state index contributed by atoms with van der Waals surface area (Å²) in [4.78, 5) is 4.15. The molecule has 0 aliphatic heterocycles. The first-order valence-electron chi connectivity index (χ1n) is 6.87. The van der Waals surface area contributed by atoms with Crippen molar-refractivity contribution in [1.82, 2.24) is 25.0 Å². The highest BCUT2D eigenvalue weighted by Gasteiger charge is 2.23. The SMILES string of the molecule is NCC(Nc1cncc2nnnn12)C1CCCCC1. The van der Waals surface area contributed by atoms with Gasteiger partial charge < -0.3 is 11.1 Å². The summed E-state index contributed by atoms with van der Waals surface area (Å²) in [5.41, 5.74) is 6.57. The van der Waals surface area contributed by atoms with Gasteiger partial charge in [-0.25, -0.2) is 0 Å². The van der Waals surface area contributed by atoms with E-state index in [1.54, 1.807) is 16.9 Å². The number of nitrogens with zero attached hydrogens (tertiary/aromatic N) is 5. The van der Waals surface area contributed by atoms with Crippen molar-refractivity contribution in [3.63, 3.8) is 0 Å².